The fraction of sp³-hybridized carbons (Fsp3) is 0.500. The summed E-state index contributed by atoms with van der Waals surface area (Å²) in [7, 11) is 0. The van der Waals surface area contributed by atoms with E-state index in [9.17, 15) is 24.3 Å². The third-order valence-electron chi connectivity index (χ3n) is 6.50. The highest BCUT2D eigenvalue weighted by Gasteiger charge is 2.38. The summed E-state index contributed by atoms with van der Waals surface area (Å²) in [5.74, 6) is -1.30. The van der Waals surface area contributed by atoms with Crippen molar-refractivity contribution in [3.05, 3.63) is 65.2 Å². The van der Waals surface area contributed by atoms with Gasteiger partial charge in [0, 0.05) is 19.0 Å². The Labute approximate surface area is 248 Å². The van der Waals surface area contributed by atoms with Gasteiger partial charge in [0.2, 0.25) is 11.8 Å². The van der Waals surface area contributed by atoms with Gasteiger partial charge in [-0.2, -0.15) is 0 Å². The lowest BCUT2D eigenvalue weighted by atomic mass is 9.97. The molecule has 0 fully saturated rings. The number of hydrogen-bond donors (Lipinski definition) is 3. The zero-order chi connectivity index (χ0) is 31.4. The summed E-state index contributed by atoms with van der Waals surface area (Å²) in [6, 6.07) is 11.1. The van der Waals surface area contributed by atoms with E-state index >= 15 is 0 Å². The maximum absolute atomic E-state index is 14.4. The summed E-state index contributed by atoms with van der Waals surface area (Å²) in [6.07, 6.45) is -0.158. The van der Waals surface area contributed by atoms with E-state index in [4.69, 9.17) is 9.47 Å². The Hall–Kier alpha value is -4.08. The first kappa shape index (κ1) is 34.1. The van der Waals surface area contributed by atoms with Gasteiger partial charge in [-0.15, -0.1) is 0 Å². The summed E-state index contributed by atoms with van der Waals surface area (Å²) < 4.78 is 10.4. The van der Waals surface area contributed by atoms with Gasteiger partial charge in [-0.25, -0.2) is 4.79 Å². The molecule has 0 aliphatic carbocycles. The van der Waals surface area contributed by atoms with Crippen LogP contribution in [0.15, 0.2) is 48.5 Å². The number of alkyl carbamates (subject to hydrolysis) is 1. The molecule has 0 heterocycles. The summed E-state index contributed by atoms with van der Waals surface area (Å²) in [5.41, 5.74) is 1.39. The molecule has 0 bridgehead atoms. The second kappa shape index (κ2) is 15.8. The Morgan fingerprint density at radius 1 is 1.02 bits per heavy atom. The van der Waals surface area contributed by atoms with Crippen molar-refractivity contribution in [1.82, 2.24) is 15.5 Å². The highest BCUT2D eigenvalue weighted by Crippen LogP contribution is 2.27. The second-order valence-electron chi connectivity index (χ2n) is 11.2. The number of nitrogens with one attached hydrogen (secondary N) is 2. The van der Waals surface area contributed by atoms with Crippen LogP contribution in [0.2, 0.25) is 0 Å². The average molecular weight is 584 g/mol. The number of amides is 3. The van der Waals surface area contributed by atoms with E-state index in [1.165, 1.54) is 17.0 Å². The van der Waals surface area contributed by atoms with Crippen molar-refractivity contribution < 1.29 is 33.8 Å². The Balaban J connectivity index is 2.53. The molecule has 10 nitrogen and oxygen atoms in total. The van der Waals surface area contributed by atoms with E-state index in [1.54, 1.807) is 45.9 Å². The van der Waals surface area contributed by atoms with Gasteiger partial charge in [0.25, 0.3) is 0 Å². The van der Waals surface area contributed by atoms with Crippen molar-refractivity contribution >= 4 is 23.9 Å². The molecule has 0 radical (unpaired) electrons. The zero-order valence-corrected chi connectivity index (χ0v) is 25.7. The highest BCUT2D eigenvalue weighted by molar-refractivity contribution is 5.92. The maximum atomic E-state index is 14.4. The molecule has 42 heavy (non-hydrogen) atoms. The van der Waals surface area contributed by atoms with E-state index in [0.29, 0.717) is 17.5 Å². The lowest BCUT2D eigenvalue weighted by molar-refractivity contribution is -0.146. The Morgan fingerprint density at radius 2 is 1.69 bits per heavy atom. The molecular weight excluding hydrogens is 538 g/mol. The molecule has 2 aromatic carbocycles. The van der Waals surface area contributed by atoms with Gasteiger partial charge in [-0.3, -0.25) is 14.4 Å². The van der Waals surface area contributed by atoms with Crippen LogP contribution in [0.1, 0.15) is 77.1 Å². The molecule has 0 aliphatic heterocycles. The number of ether oxygens (including phenoxy) is 2. The third-order valence-corrected chi connectivity index (χ3v) is 6.50. The Morgan fingerprint density at radius 3 is 2.26 bits per heavy atom. The monoisotopic (exact) mass is 583 g/mol. The summed E-state index contributed by atoms with van der Waals surface area (Å²) in [4.78, 5) is 54.5. The minimum absolute atomic E-state index is 0.0128. The largest absolute Gasteiger partial charge is 0.508 e. The first-order valence-corrected chi connectivity index (χ1v) is 14.3. The second-order valence-corrected chi connectivity index (χ2v) is 11.2. The Bertz CT molecular complexity index is 1210. The summed E-state index contributed by atoms with van der Waals surface area (Å²) >= 11 is 0. The average Bonchev–Trinajstić information content (AvgIpc) is 2.90. The van der Waals surface area contributed by atoms with Crippen LogP contribution >= 0.6 is 0 Å². The number of phenolic OH excluding ortho intramolecular Hbond substituents is 1. The van der Waals surface area contributed by atoms with Crippen LogP contribution in [0.5, 0.6) is 5.75 Å². The molecule has 2 aromatic rings. The van der Waals surface area contributed by atoms with Gasteiger partial charge >= 0.3 is 12.1 Å². The predicted octanol–water partition coefficient (Wildman–Crippen LogP) is 4.57. The first-order chi connectivity index (χ1) is 19.7. The number of carbonyl (C=O) groups excluding carboxylic acids is 4. The van der Waals surface area contributed by atoms with E-state index in [-0.39, 0.29) is 31.7 Å². The number of esters is 1. The molecule has 3 atom stereocenters. The number of phenols is 1. The zero-order valence-electron chi connectivity index (χ0n) is 25.7. The normalized spacial score (nSPS) is 13.3. The number of benzene rings is 2. The molecule has 3 amide bonds. The molecule has 3 unspecified atom stereocenters. The predicted molar refractivity (Wildman–Crippen MR) is 160 cm³/mol. The lowest BCUT2D eigenvalue weighted by Gasteiger charge is -2.38. The number of nitrogens with zero attached hydrogens (tertiary/aromatic N) is 1. The smallest absolute Gasteiger partial charge is 0.408 e. The summed E-state index contributed by atoms with van der Waals surface area (Å²) in [6.45, 7) is 12.8. The van der Waals surface area contributed by atoms with E-state index in [0.717, 1.165) is 5.56 Å². The van der Waals surface area contributed by atoms with Crippen molar-refractivity contribution in [2.24, 2.45) is 0 Å². The molecule has 2 rings (SSSR count). The number of carbonyl (C=O) groups is 4. The van der Waals surface area contributed by atoms with Gasteiger partial charge in [0.05, 0.1) is 13.0 Å². The molecule has 0 aliphatic rings. The molecule has 3 N–H and O–H groups in total. The standard InChI is InChI=1S/C32H45N3O7/c1-8-22(4)35(28(24-12-10-11-21(3)19-24)29(38)33-18-17-27(37)41-9-2)30(39)26(34-31(40)42-32(5,6)7)20-23-13-15-25(36)16-14-23/h10-16,19,22,26,28,36H,8-9,17-18,20H2,1-7H3,(H,33,38)(H,34,40). The van der Waals surface area contributed by atoms with Gasteiger partial charge in [0.1, 0.15) is 23.4 Å². The summed E-state index contributed by atoms with van der Waals surface area (Å²) in [5, 5.41) is 15.3. The number of rotatable bonds is 13. The maximum Gasteiger partial charge on any atom is 0.408 e. The lowest BCUT2D eigenvalue weighted by Crippen LogP contribution is -2.56. The first-order valence-electron chi connectivity index (χ1n) is 14.3. The van der Waals surface area contributed by atoms with Crippen LogP contribution in [0, 0.1) is 6.92 Å². The van der Waals surface area contributed by atoms with Crippen molar-refractivity contribution in [3.8, 4) is 5.75 Å². The van der Waals surface area contributed by atoms with Crippen LogP contribution in [0.3, 0.4) is 0 Å². The van der Waals surface area contributed by atoms with Crippen molar-refractivity contribution in [1.29, 1.82) is 0 Å². The molecule has 0 aromatic heterocycles. The Kier molecular flexibility index (Phi) is 12.8. The highest BCUT2D eigenvalue weighted by atomic mass is 16.6. The molecular formula is C32H45N3O7. The van der Waals surface area contributed by atoms with Crippen LogP contribution < -0.4 is 10.6 Å². The van der Waals surface area contributed by atoms with Crippen molar-refractivity contribution in [3.63, 3.8) is 0 Å². The van der Waals surface area contributed by atoms with Crippen LogP contribution in [0.25, 0.3) is 0 Å². The quantitative estimate of drug-likeness (QED) is 0.294. The van der Waals surface area contributed by atoms with Gasteiger partial charge < -0.3 is 30.1 Å². The van der Waals surface area contributed by atoms with Gasteiger partial charge in [-0.05, 0) is 71.2 Å². The van der Waals surface area contributed by atoms with E-state index in [1.807, 2.05) is 39.0 Å². The van der Waals surface area contributed by atoms with Gasteiger partial charge in [-0.1, -0.05) is 48.9 Å². The van der Waals surface area contributed by atoms with Gasteiger partial charge in [0.15, 0.2) is 0 Å². The van der Waals surface area contributed by atoms with E-state index in [2.05, 4.69) is 10.6 Å². The fourth-order valence-electron chi connectivity index (χ4n) is 4.39. The van der Waals surface area contributed by atoms with Crippen LogP contribution in [-0.2, 0) is 30.3 Å². The molecule has 0 saturated carbocycles. The van der Waals surface area contributed by atoms with E-state index < -0.39 is 47.6 Å². The topological polar surface area (TPSA) is 134 Å². The number of hydrogen-bond acceptors (Lipinski definition) is 7. The fourth-order valence-corrected chi connectivity index (χ4v) is 4.39. The number of aryl methyl sites for hydroxylation is 1. The SMILES string of the molecule is CCOC(=O)CCNC(=O)C(c1cccc(C)c1)N(C(=O)C(Cc1ccc(O)cc1)NC(=O)OC(C)(C)C)C(C)CC. The molecule has 0 spiro atoms. The third kappa shape index (κ3) is 10.7. The molecule has 0 saturated heterocycles. The minimum Gasteiger partial charge on any atom is -0.508 e. The number of aromatic hydroxyl groups is 1. The minimum atomic E-state index is -1.09. The van der Waals surface area contributed by atoms with Crippen LogP contribution in [-0.4, -0.2) is 64.7 Å². The van der Waals surface area contributed by atoms with Crippen molar-refractivity contribution in [2.75, 3.05) is 13.2 Å². The van der Waals surface area contributed by atoms with Crippen LogP contribution in [0.4, 0.5) is 4.79 Å². The van der Waals surface area contributed by atoms with Crippen molar-refractivity contribution in [2.45, 2.75) is 91.5 Å². The molecule has 230 valence electrons. The molecule has 10 heteroatoms.